The van der Waals surface area contributed by atoms with Gasteiger partial charge in [-0.1, -0.05) is 6.42 Å². The molecule has 5 heteroatoms. The molecule has 0 aromatic rings. The van der Waals surface area contributed by atoms with Crippen LogP contribution in [0.15, 0.2) is 0 Å². The van der Waals surface area contributed by atoms with Crippen molar-refractivity contribution in [1.82, 2.24) is 4.90 Å². The summed E-state index contributed by atoms with van der Waals surface area (Å²) in [5.41, 5.74) is -0.184. The summed E-state index contributed by atoms with van der Waals surface area (Å²) in [4.78, 5) is 25.2. The van der Waals surface area contributed by atoms with E-state index in [9.17, 15) is 14.7 Å². The van der Waals surface area contributed by atoms with Gasteiger partial charge in [0.25, 0.3) is 0 Å². The molecule has 0 aromatic heterocycles. The van der Waals surface area contributed by atoms with E-state index in [1.165, 1.54) is 24.2 Å². The largest absolute Gasteiger partial charge is 0.480 e. The van der Waals surface area contributed by atoms with Crippen LogP contribution in [0.5, 0.6) is 0 Å². The van der Waals surface area contributed by atoms with Crippen molar-refractivity contribution in [1.29, 1.82) is 0 Å². The number of carbonyl (C=O) groups excluding carboxylic acids is 1. The standard InChI is InChI=1S/C15H23NO4/c1-13(2,3)20-12(19)16-9-15(7-10(16)11(17)18)8-14(15)5-4-6-14/h10H,4-9H2,1-3H3,(H,17,18)/t10-,15-/m0/s1. The summed E-state index contributed by atoms with van der Waals surface area (Å²) in [5.74, 6) is -0.908. The van der Waals surface area contributed by atoms with Crippen molar-refractivity contribution in [2.45, 2.75) is 64.5 Å². The van der Waals surface area contributed by atoms with Gasteiger partial charge in [-0.25, -0.2) is 9.59 Å². The average molecular weight is 281 g/mol. The molecule has 20 heavy (non-hydrogen) atoms. The maximum Gasteiger partial charge on any atom is 0.411 e. The number of fused-ring (bicyclic) bond motifs is 1. The number of carbonyl (C=O) groups is 2. The van der Waals surface area contributed by atoms with Gasteiger partial charge in [-0.3, -0.25) is 4.90 Å². The number of ether oxygens (including phenoxy) is 1. The highest BCUT2D eigenvalue weighted by molar-refractivity contribution is 5.81. The first kappa shape index (κ1) is 13.7. The van der Waals surface area contributed by atoms with Gasteiger partial charge in [0.15, 0.2) is 0 Å². The summed E-state index contributed by atoms with van der Waals surface area (Å²) in [6.45, 7) is 5.96. The molecule has 1 aliphatic heterocycles. The Morgan fingerprint density at radius 1 is 1.25 bits per heavy atom. The van der Waals surface area contributed by atoms with Gasteiger partial charge in [-0.05, 0) is 57.3 Å². The number of nitrogens with zero attached hydrogens (tertiary/aromatic N) is 1. The minimum absolute atomic E-state index is 0.0607. The molecule has 3 rings (SSSR count). The van der Waals surface area contributed by atoms with Crippen molar-refractivity contribution in [3.05, 3.63) is 0 Å². The molecule has 3 fully saturated rings. The van der Waals surface area contributed by atoms with Gasteiger partial charge in [0, 0.05) is 6.54 Å². The van der Waals surface area contributed by atoms with Crippen molar-refractivity contribution < 1.29 is 19.4 Å². The first-order valence-corrected chi connectivity index (χ1v) is 7.41. The summed E-state index contributed by atoms with van der Waals surface area (Å²) in [6.07, 6.45) is 4.84. The van der Waals surface area contributed by atoms with Crippen LogP contribution in [0.25, 0.3) is 0 Å². The number of carboxylic acid groups (broad SMARTS) is 1. The van der Waals surface area contributed by atoms with Gasteiger partial charge in [0.1, 0.15) is 11.6 Å². The highest BCUT2D eigenvalue weighted by Crippen LogP contribution is 2.77. The Labute approximate surface area is 119 Å². The summed E-state index contributed by atoms with van der Waals surface area (Å²) >= 11 is 0. The highest BCUT2D eigenvalue weighted by Gasteiger charge is 2.73. The lowest BCUT2D eigenvalue weighted by Crippen LogP contribution is -2.43. The molecule has 0 unspecified atom stereocenters. The topological polar surface area (TPSA) is 66.8 Å². The first-order valence-electron chi connectivity index (χ1n) is 7.41. The number of rotatable bonds is 1. The Morgan fingerprint density at radius 2 is 1.90 bits per heavy atom. The van der Waals surface area contributed by atoms with Crippen molar-refractivity contribution in [3.8, 4) is 0 Å². The maximum atomic E-state index is 12.2. The second kappa shape index (κ2) is 3.89. The number of carboxylic acids is 1. The van der Waals surface area contributed by atoms with E-state index in [4.69, 9.17) is 4.74 Å². The molecule has 1 heterocycles. The third-order valence-electron chi connectivity index (χ3n) is 5.33. The quantitative estimate of drug-likeness (QED) is 0.802. The van der Waals surface area contributed by atoms with Crippen molar-refractivity contribution >= 4 is 12.1 Å². The predicted octanol–water partition coefficient (Wildman–Crippen LogP) is 2.64. The van der Waals surface area contributed by atoms with Crippen LogP contribution in [0, 0.1) is 10.8 Å². The van der Waals surface area contributed by atoms with E-state index in [0.717, 1.165) is 6.42 Å². The number of aliphatic carboxylic acids is 1. The van der Waals surface area contributed by atoms with Crippen LogP contribution in [0.3, 0.4) is 0 Å². The van der Waals surface area contributed by atoms with Gasteiger partial charge in [-0.15, -0.1) is 0 Å². The van der Waals surface area contributed by atoms with Crippen molar-refractivity contribution in [2.24, 2.45) is 10.8 Å². The zero-order chi connectivity index (χ0) is 14.8. The Morgan fingerprint density at radius 3 is 2.30 bits per heavy atom. The SMILES string of the molecule is CC(C)(C)OC(=O)N1C[C@]2(C[C@H]1C(=O)O)CC21CCC1. The number of amides is 1. The third kappa shape index (κ3) is 1.90. The van der Waals surface area contributed by atoms with E-state index < -0.39 is 23.7 Å². The van der Waals surface area contributed by atoms with Gasteiger partial charge >= 0.3 is 12.1 Å². The maximum absolute atomic E-state index is 12.2. The molecular formula is C15H23NO4. The van der Waals surface area contributed by atoms with Crippen LogP contribution in [-0.4, -0.2) is 40.3 Å². The van der Waals surface area contributed by atoms with Crippen LogP contribution in [0.2, 0.25) is 0 Å². The van der Waals surface area contributed by atoms with Crippen molar-refractivity contribution in [3.63, 3.8) is 0 Å². The Balaban J connectivity index is 1.76. The summed E-state index contributed by atoms with van der Waals surface area (Å²) < 4.78 is 5.37. The lowest BCUT2D eigenvalue weighted by Gasteiger charge is -2.31. The number of hydrogen-bond acceptors (Lipinski definition) is 3. The molecular weight excluding hydrogens is 258 g/mol. The zero-order valence-corrected chi connectivity index (χ0v) is 12.4. The second-order valence-corrected chi connectivity index (χ2v) is 7.76. The van der Waals surface area contributed by atoms with Gasteiger partial charge in [0.2, 0.25) is 0 Å². The minimum Gasteiger partial charge on any atom is -0.480 e. The molecule has 2 atom stereocenters. The Hall–Kier alpha value is -1.26. The lowest BCUT2D eigenvalue weighted by molar-refractivity contribution is -0.142. The number of hydrogen-bond donors (Lipinski definition) is 1. The zero-order valence-electron chi connectivity index (χ0n) is 12.4. The van der Waals surface area contributed by atoms with Gasteiger partial charge in [-0.2, -0.15) is 0 Å². The molecule has 1 amide bonds. The summed E-state index contributed by atoms with van der Waals surface area (Å²) in [7, 11) is 0. The second-order valence-electron chi connectivity index (χ2n) is 7.76. The average Bonchev–Trinajstić information content (AvgIpc) is 2.71. The normalized spacial score (nSPS) is 34.1. The highest BCUT2D eigenvalue weighted by atomic mass is 16.6. The Bertz CT molecular complexity index is 463. The molecule has 1 saturated heterocycles. The fourth-order valence-corrected chi connectivity index (χ4v) is 4.14. The monoisotopic (exact) mass is 281 g/mol. The van der Waals surface area contributed by atoms with Crippen LogP contribution >= 0.6 is 0 Å². The molecule has 5 nitrogen and oxygen atoms in total. The van der Waals surface area contributed by atoms with Crippen LogP contribution < -0.4 is 0 Å². The summed E-state index contributed by atoms with van der Waals surface area (Å²) in [6, 6.07) is -0.718. The fourth-order valence-electron chi connectivity index (χ4n) is 4.14. The van der Waals surface area contributed by atoms with E-state index >= 15 is 0 Å². The number of likely N-dealkylation sites (tertiary alicyclic amines) is 1. The van der Waals surface area contributed by atoms with E-state index in [1.807, 2.05) is 0 Å². The summed E-state index contributed by atoms with van der Waals surface area (Å²) in [5, 5.41) is 9.40. The molecule has 0 aromatic carbocycles. The van der Waals surface area contributed by atoms with E-state index in [2.05, 4.69) is 0 Å². The molecule has 0 radical (unpaired) electrons. The van der Waals surface area contributed by atoms with E-state index in [-0.39, 0.29) is 5.41 Å². The molecule has 2 spiro atoms. The van der Waals surface area contributed by atoms with Gasteiger partial charge < -0.3 is 9.84 Å². The molecule has 3 aliphatic rings. The third-order valence-corrected chi connectivity index (χ3v) is 5.33. The lowest BCUT2D eigenvalue weighted by atomic mass is 9.74. The first-order chi connectivity index (χ1) is 9.18. The van der Waals surface area contributed by atoms with E-state index in [1.54, 1.807) is 20.8 Å². The molecule has 2 saturated carbocycles. The smallest absolute Gasteiger partial charge is 0.411 e. The Kier molecular flexibility index (Phi) is 2.67. The van der Waals surface area contributed by atoms with Crippen LogP contribution in [0.4, 0.5) is 4.79 Å². The molecule has 0 bridgehead atoms. The van der Waals surface area contributed by atoms with Crippen molar-refractivity contribution in [2.75, 3.05) is 6.54 Å². The molecule has 2 aliphatic carbocycles. The minimum atomic E-state index is -0.908. The van der Waals surface area contributed by atoms with E-state index in [0.29, 0.717) is 18.4 Å². The van der Waals surface area contributed by atoms with Crippen LogP contribution in [-0.2, 0) is 9.53 Å². The van der Waals surface area contributed by atoms with Crippen LogP contribution in [0.1, 0.15) is 52.9 Å². The fraction of sp³-hybridized carbons (Fsp3) is 0.867. The van der Waals surface area contributed by atoms with Gasteiger partial charge in [0.05, 0.1) is 0 Å². The molecule has 1 N–H and O–H groups in total. The predicted molar refractivity (Wildman–Crippen MR) is 72.3 cm³/mol. The molecule has 112 valence electrons.